The minimum Gasteiger partial charge on any atom is -0.465 e. The number of nitrogens with zero attached hydrogens (tertiary/aromatic N) is 2. The van der Waals surface area contributed by atoms with Crippen molar-refractivity contribution in [3.8, 4) is 0 Å². The molecule has 1 fully saturated rings. The number of carbonyl (C=O) groups is 1. The molecule has 0 radical (unpaired) electrons. The van der Waals surface area contributed by atoms with E-state index in [4.69, 9.17) is 16.7 Å². The second kappa shape index (κ2) is 4.14. The number of rotatable bonds is 2. The zero-order valence-electron chi connectivity index (χ0n) is 8.80. The van der Waals surface area contributed by atoms with E-state index in [1.807, 2.05) is 0 Å². The number of aliphatic hydroxyl groups excluding tert-OH is 1. The van der Waals surface area contributed by atoms with Crippen LogP contribution in [-0.4, -0.2) is 44.4 Å². The van der Waals surface area contributed by atoms with Gasteiger partial charge in [0.1, 0.15) is 10.8 Å². The van der Waals surface area contributed by atoms with Crippen LogP contribution in [0.2, 0.25) is 5.15 Å². The van der Waals surface area contributed by atoms with E-state index < -0.39 is 11.7 Å². The highest BCUT2D eigenvalue weighted by Crippen LogP contribution is 2.34. The number of halogens is 1. The van der Waals surface area contributed by atoms with Crippen molar-refractivity contribution in [1.82, 2.24) is 9.88 Å². The summed E-state index contributed by atoms with van der Waals surface area (Å²) in [6.45, 7) is -0.343. The van der Waals surface area contributed by atoms with Gasteiger partial charge in [-0.15, -0.1) is 0 Å². The van der Waals surface area contributed by atoms with E-state index in [0.717, 1.165) is 4.90 Å². The predicted octanol–water partition coefficient (Wildman–Crippen LogP) is 0.409. The van der Waals surface area contributed by atoms with Crippen molar-refractivity contribution >= 4 is 17.7 Å². The average molecular weight is 259 g/mol. The van der Waals surface area contributed by atoms with Crippen LogP contribution in [0.25, 0.3) is 0 Å². The largest absolute Gasteiger partial charge is 0.465 e. The van der Waals surface area contributed by atoms with Crippen molar-refractivity contribution < 1.29 is 20.1 Å². The van der Waals surface area contributed by atoms with Crippen molar-refractivity contribution in [3.05, 3.63) is 28.5 Å². The van der Waals surface area contributed by atoms with E-state index in [2.05, 4.69) is 4.98 Å². The highest BCUT2D eigenvalue weighted by atomic mass is 35.5. The van der Waals surface area contributed by atoms with E-state index in [9.17, 15) is 15.0 Å². The third-order valence-corrected chi connectivity index (χ3v) is 3.01. The highest BCUT2D eigenvalue weighted by molar-refractivity contribution is 6.29. The lowest BCUT2D eigenvalue weighted by atomic mass is 9.85. The molecule has 1 aliphatic rings. The molecule has 7 heteroatoms. The maximum absolute atomic E-state index is 10.6. The Bertz CT molecular complexity index is 460. The summed E-state index contributed by atoms with van der Waals surface area (Å²) in [5, 5.41) is 28.3. The van der Waals surface area contributed by atoms with Gasteiger partial charge in [0.2, 0.25) is 0 Å². The molecule has 0 aliphatic carbocycles. The fraction of sp³-hybridized carbons (Fsp3) is 0.400. The molecule has 92 valence electrons. The van der Waals surface area contributed by atoms with Gasteiger partial charge in [0, 0.05) is 11.8 Å². The molecule has 0 saturated carbocycles. The number of aliphatic hydroxyl groups is 2. The normalized spacial score (nSPS) is 17.7. The number of likely N-dealkylation sites (tertiary alicyclic amines) is 1. The van der Waals surface area contributed by atoms with Crippen LogP contribution in [-0.2, 0) is 12.2 Å². The quantitative estimate of drug-likeness (QED) is 0.668. The van der Waals surface area contributed by atoms with Crippen LogP contribution in [0.4, 0.5) is 4.79 Å². The van der Waals surface area contributed by atoms with Gasteiger partial charge in [0.15, 0.2) is 0 Å². The Morgan fingerprint density at radius 2 is 2.24 bits per heavy atom. The number of carboxylic acid groups (broad SMARTS) is 1. The van der Waals surface area contributed by atoms with Crippen LogP contribution in [0.3, 0.4) is 0 Å². The van der Waals surface area contributed by atoms with Gasteiger partial charge < -0.3 is 20.2 Å². The molecule has 0 spiro atoms. The number of hydrogen-bond donors (Lipinski definition) is 3. The first kappa shape index (κ1) is 12.1. The Labute approximate surface area is 102 Å². The van der Waals surface area contributed by atoms with Crippen LogP contribution in [0.1, 0.15) is 11.1 Å². The molecule has 1 amide bonds. The van der Waals surface area contributed by atoms with Crippen LogP contribution in [0.5, 0.6) is 0 Å². The first-order valence-corrected chi connectivity index (χ1v) is 5.30. The Morgan fingerprint density at radius 1 is 1.59 bits per heavy atom. The topological polar surface area (TPSA) is 93.9 Å². The van der Waals surface area contributed by atoms with Gasteiger partial charge in [0.25, 0.3) is 0 Å². The summed E-state index contributed by atoms with van der Waals surface area (Å²) < 4.78 is 0. The Balaban J connectivity index is 2.27. The van der Waals surface area contributed by atoms with Crippen molar-refractivity contribution in [2.45, 2.75) is 12.2 Å². The first-order chi connectivity index (χ1) is 7.96. The SMILES string of the molecule is O=C(O)N1CC(O)(c2cnc(Cl)cc2CO)C1. The standard InChI is InChI=1S/C10H11ClN2O4/c11-8-1-6(3-14)7(2-12-8)10(17)4-13(5-10)9(15)16/h1-2,14,17H,3-5H2,(H,15,16). The highest BCUT2D eigenvalue weighted by Gasteiger charge is 2.46. The van der Waals surface area contributed by atoms with E-state index in [1.165, 1.54) is 12.3 Å². The third-order valence-electron chi connectivity index (χ3n) is 2.80. The van der Waals surface area contributed by atoms with Crippen molar-refractivity contribution in [2.24, 2.45) is 0 Å². The van der Waals surface area contributed by atoms with E-state index in [-0.39, 0.29) is 24.8 Å². The Kier molecular flexibility index (Phi) is 2.94. The molecule has 2 rings (SSSR count). The van der Waals surface area contributed by atoms with Crippen LogP contribution < -0.4 is 0 Å². The minimum absolute atomic E-state index is 0.0291. The maximum Gasteiger partial charge on any atom is 0.407 e. The summed E-state index contributed by atoms with van der Waals surface area (Å²) in [4.78, 5) is 15.6. The summed E-state index contributed by atoms with van der Waals surface area (Å²) >= 11 is 5.68. The lowest BCUT2D eigenvalue weighted by molar-refractivity contribution is -0.0909. The van der Waals surface area contributed by atoms with Crippen molar-refractivity contribution in [1.29, 1.82) is 0 Å². The van der Waals surface area contributed by atoms with Gasteiger partial charge in [-0.2, -0.15) is 0 Å². The maximum atomic E-state index is 10.6. The number of aromatic nitrogens is 1. The van der Waals surface area contributed by atoms with Crippen molar-refractivity contribution in [3.63, 3.8) is 0 Å². The van der Waals surface area contributed by atoms with E-state index in [0.29, 0.717) is 11.1 Å². The van der Waals surface area contributed by atoms with Gasteiger partial charge in [-0.1, -0.05) is 11.6 Å². The van der Waals surface area contributed by atoms with Gasteiger partial charge in [-0.3, -0.25) is 0 Å². The monoisotopic (exact) mass is 258 g/mol. The zero-order chi connectivity index (χ0) is 12.6. The molecule has 3 N–H and O–H groups in total. The molecule has 1 saturated heterocycles. The molecule has 0 unspecified atom stereocenters. The fourth-order valence-electron chi connectivity index (χ4n) is 1.91. The molecular weight excluding hydrogens is 248 g/mol. The molecular formula is C10H11ClN2O4. The lowest BCUT2D eigenvalue weighted by Crippen LogP contribution is -2.61. The lowest BCUT2D eigenvalue weighted by Gasteiger charge is -2.45. The Morgan fingerprint density at radius 3 is 2.76 bits per heavy atom. The molecule has 17 heavy (non-hydrogen) atoms. The number of hydrogen-bond acceptors (Lipinski definition) is 4. The molecule has 0 bridgehead atoms. The number of β-amino-alcohol motifs (C(OH)–C–C–N with tert-alkyl or cyclic N) is 1. The van der Waals surface area contributed by atoms with Gasteiger partial charge >= 0.3 is 6.09 Å². The Hall–Kier alpha value is -1.37. The average Bonchev–Trinajstić information content (AvgIpc) is 2.24. The summed E-state index contributed by atoms with van der Waals surface area (Å²) in [6, 6.07) is 1.46. The molecule has 1 aliphatic heterocycles. The molecule has 6 nitrogen and oxygen atoms in total. The third kappa shape index (κ3) is 2.06. The molecule has 0 atom stereocenters. The molecule has 1 aromatic heterocycles. The zero-order valence-corrected chi connectivity index (χ0v) is 9.55. The summed E-state index contributed by atoms with van der Waals surface area (Å²) in [6.07, 6.45) is 0.287. The van der Waals surface area contributed by atoms with Crippen molar-refractivity contribution in [2.75, 3.05) is 13.1 Å². The van der Waals surface area contributed by atoms with Crippen LogP contribution in [0.15, 0.2) is 12.3 Å². The molecule has 2 heterocycles. The van der Waals surface area contributed by atoms with E-state index in [1.54, 1.807) is 0 Å². The first-order valence-electron chi connectivity index (χ1n) is 4.92. The van der Waals surface area contributed by atoms with Gasteiger partial charge in [0.05, 0.1) is 19.7 Å². The van der Waals surface area contributed by atoms with E-state index >= 15 is 0 Å². The minimum atomic E-state index is -1.28. The molecule has 1 aromatic rings. The van der Waals surface area contributed by atoms with Gasteiger partial charge in [-0.05, 0) is 11.6 Å². The van der Waals surface area contributed by atoms with Crippen LogP contribution >= 0.6 is 11.6 Å². The van der Waals surface area contributed by atoms with Crippen LogP contribution in [0, 0.1) is 0 Å². The predicted molar refractivity (Wildman–Crippen MR) is 58.7 cm³/mol. The summed E-state index contributed by atoms with van der Waals surface area (Å²) in [5.74, 6) is 0. The summed E-state index contributed by atoms with van der Waals surface area (Å²) in [7, 11) is 0. The molecule has 0 aromatic carbocycles. The number of pyridine rings is 1. The number of amides is 1. The second-order valence-corrected chi connectivity index (χ2v) is 4.38. The van der Waals surface area contributed by atoms with Gasteiger partial charge in [-0.25, -0.2) is 9.78 Å². The second-order valence-electron chi connectivity index (χ2n) is 3.99. The fourth-order valence-corrected chi connectivity index (χ4v) is 2.09. The smallest absolute Gasteiger partial charge is 0.407 e. The summed E-state index contributed by atoms with van der Waals surface area (Å²) in [5.41, 5.74) is -0.409.